The fourth-order valence-electron chi connectivity index (χ4n) is 3.46. The van der Waals surface area contributed by atoms with Gasteiger partial charge in [0.05, 0.1) is 29.0 Å². The molecule has 5 rings (SSSR count). The number of aromatic nitrogens is 5. The average molecular weight is 371 g/mol. The van der Waals surface area contributed by atoms with Crippen LogP contribution < -0.4 is 5.63 Å². The molecule has 0 amide bonds. The van der Waals surface area contributed by atoms with E-state index in [0.29, 0.717) is 23.4 Å². The number of fused-ring (bicyclic) bond motifs is 2. The van der Waals surface area contributed by atoms with E-state index in [1.807, 2.05) is 65.7 Å². The minimum absolute atomic E-state index is 0.405. The highest BCUT2D eigenvalue weighted by Crippen LogP contribution is 2.23. The first-order chi connectivity index (χ1) is 13.6. The lowest BCUT2D eigenvalue weighted by Crippen LogP contribution is -2.03. The topological polar surface area (TPSA) is 78.2 Å². The van der Waals surface area contributed by atoms with E-state index in [9.17, 15) is 4.79 Å². The Hall–Kier alpha value is -3.74. The van der Waals surface area contributed by atoms with Crippen molar-refractivity contribution in [2.24, 2.45) is 0 Å². The summed E-state index contributed by atoms with van der Waals surface area (Å²) in [6.45, 7) is 4.50. The summed E-state index contributed by atoms with van der Waals surface area (Å²) in [5, 5.41) is 0.854. The fourth-order valence-corrected chi connectivity index (χ4v) is 3.46. The van der Waals surface area contributed by atoms with Crippen molar-refractivity contribution in [3.63, 3.8) is 0 Å². The van der Waals surface area contributed by atoms with Gasteiger partial charge in [0, 0.05) is 36.7 Å². The first-order valence-electron chi connectivity index (χ1n) is 8.93. The maximum absolute atomic E-state index is 12.6. The molecule has 0 saturated carbocycles. The summed E-state index contributed by atoms with van der Waals surface area (Å²) >= 11 is 0. The van der Waals surface area contributed by atoms with E-state index in [1.54, 1.807) is 12.5 Å². The molecular weight excluding hydrogens is 354 g/mol. The van der Waals surface area contributed by atoms with Crippen molar-refractivity contribution < 1.29 is 4.42 Å². The van der Waals surface area contributed by atoms with Crippen molar-refractivity contribution >= 4 is 16.6 Å². The van der Waals surface area contributed by atoms with Crippen LogP contribution in [0, 0.1) is 13.8 Å². The highest BCUT2D eigenvalue weighted by atomic mass is 16.4. The van der Waals surface area contributed by atoms with E-state index >= 15 is 0 Å². The quantitative estimate of drug-likeness (QED) is 0.455. The lowest BCUT2D eigenvalue weighted by molar-refractivity contribution is 0.562. The third-order valence-electron chi connectivity index (χ3n) is 4.73. The Morgan fingerprint density at radius 2 is 2.00 bits per heavy atom. The summed E-state index contributed by atoms with van der Waals surface area (Å²) in [5.41, 5.74) is 4.65. The molecule has 7 heteroatoms. The number of imidazole rings is 2. The molecule has 1 aromatic carbocycles. The molecule has 0 N–H and O–H groups in total. The number of hydrogen-bond donors (Lipinski definition) is 0. The lowest BCUT2D eigenvalue weighted by atomic mass is 10.1. The van der Waals surface area contributed by atoms with E-state index in [2.05, 4.69) is 15.0 Å². The van der Waals surface area contributed by atoms with Gasteiger partial charge in [-0.25, -0.2) is 14.8 Å². The fraction of sp³-hybridized carbons (Fsp3) is 0.143. The molecule has 0 fully saturated rings. The second-order valence-electron chi connectivity index (χ2n) is 6.88. The van der Waals surface area contributed by atoms with E-state index < -0.39 is 5.63 Å². The maximum atomic E-state index is 12.6. The van der Waals surface area contributed by atoms with Gasteiger partial charge in [-0.2, -0.15) is 0 Å². The molecule has 7 nitrogen and oxygen atoms in total. The molecule has 0 aliphatic carbocycles. The molecule has 5 aromatic rings. The van der Waals surface area contributed by atoms with Gasteiger partial charge < -0.3 is 13.4 Å². The van der Waals surface area contributed by atoms with Crippen LogP contribution in [-0.4, -0.2) is 23.9 Å². The molecule has 0 unspecified atom stereocenters. The summed E-state index contributed by atoms with van der Waals surface area (Å²) < 4.78 is 9.47. The smallest absolute Gasteiger partial charge is 0.345 e. The minimum atomic E-state index is -0.405. The molecule has 0 aliphatic rings. The Morgan fingerprint density at radius 3 is 2.82 bits per heavy atom. The summed E-state index contributed by atoms with van der Waals surface area (Å²) in [6, 6.07) is 7.70. The van der Waals surface area contributed by atoms with Crippen LogP contribution in [0.25, 0.3) is 27.9 Å². The molecule has 138 valence electrons. The largest absolute Gasteiger partial charge is 0.422 e. The molecule has 0 spiro atoms. The normalized spacial score (nSPS) is 11.5. The van der Waals surface area contributed by atoms with Crippen molar-refractivity contribution in [3.8, 4) is 11.3 Å². The monoisotopic (exact) mass is 371 g/mol. The summed E-state index contributed by atoms with van der Waals surface area (Å²) in [4.78, 5) is 25.7. The van der Waals surface area contributed by atoms with Crippen LogP contribution >= 0.6 is 0 Å². The van der Waals surface area contributed by atoms with Crippen molar-refractivity contribution in [1.29, 1.82) is 0 Å². The van der Waals surface area contributed by atoms with Gasteiger partial charge in [0.1, 0.15) is 5.58 Å². The Bertz CT molecular complexity index is 1380. The van der Waals surface area contributed by atoms with E-state index in [-0.39, 0.29) is 0 Å². The first-order valence-corrected chi connectivity index (χ1v) is 8.93. The molecule has 4 heterocycles. The van der Waals surface area contributed by atoms with Crippen LogP contribution in [0.4, 0.5) is 0 Å². The van der Waals surface area contributed by atoms with Gasteiger partial charge in [-0.15, -0.1) is 0 Å². The highest BCUT2D eigenvalue weighted by molar-refractivity contribution is 5.81. The third-order valence-corrected chi connectivity index (χ3v) is 4.73. The van der Waals surface area contributed by atoms with Gasteiger partial charge in [0.25, 0.3) is 0 Å². The van der Waals surface area contributed by atoms with E-state index in [0.717, 1.165) is 28.0 Å². The van der Waals surface area contributed by atoms with Crippen LogP contribution in [0.1, 0.15) is 17.0 Å². The Labute approximate surface area is 159 Å². The predicted molar refractivity (Wildman–Crippen MR) is 105 cm³/mol. The predicted octanol–water partition coefficient (Wildman–Crippen LogP) is 3.36. The Morgan fingerprint density at radius 1 is 1.11 bits per heavy atom. The summed E-state index contributed by atoms with van der Waals surface area (Å²) in [7, 11) is 0. The Kier molecular flexibility index (Phi) is 3.61. The standard InChI is InChI=1S/C21H17N5O2/c1-13-9-26-11-18(24-20(26)14(2)23-13)17-8-16-4-3-15(7-19(16)28-21(17)27)10-25-6-5-22-12-25/h3-9,11-12H,10H2,1-2H3. The molecule has 0 saturated heterocycles. The minimum Gasteiger partial charge on any atom is -0.422 e. The summed E-state index contributed by atoms with van der Waals surface area (Å²) in [6.07, 6.45) is 9.12. The lowest BCUT2D eigenvalue weighted by Gasteiger charge is -2.05. The van der Waals surface area contributed by atoms with Gasteiger partial charge in [-0.3, -0.25) is 4.98 Å². The van der Waals surface area contributed by atoms with E-state index in [1.165, 1.54) is 0 Å². The van der Waals surface area contributed by atoms with Crippen molar-refractivity contribution in [1.82, 2.24) is 23.9 Å². The zero-order valence-corrected chi connectivity index (χ0v) is 15.5. The van der Waals surface area contributed by atoms with Crippen LogP contribution in [0.15, 0.2) is 64.6 Å². The van der Waals surface area contributed by atoms with Crippen LogP contribution in [0.2, 0.25) is 0 Å². The molecule has 4 aromatic heterocycles. The molecule has 0 bridgehead atoms. The second-order valence-corrected chi connectivity index (χ2v) is 6.88. The number of hydrogen-bond acceptors (Lipinski definition) is 5. The molecule has 0 atom stereocenters. The number of nitrogens with zero attached hydrogens (tertiary/aromatic N) is 5. The molecule has 28 heavy (non-hydrogen) atoms. The number of benzene rings is 1. The Balaban J connectivity index is 1.60. The van der Waals surface area contributed by atoms with Gasteiger partial charge in [0.15, 0.2) is 5.65 Å². The molecule has 0 aliphatic heterocycles. The first kappa shape index (κ1) is 16.4. The summed E-state index contributed by atoms with van der Waals surface area (Å²) in [5.74, 6) is 0. The van der Waals surface area contributed by atoms with Gasteiger partial charge in [-0.05, 0) is 31.5 Å². The average Bonchev–Trinajstić information content (AvgIpc) is 3.30. The van der Waals surface area contributed by atoms with Gasteiger partial charge in [-0.1, -0.05) is 12.1 Å². The molecular formula is C21H17N5O2. The zero-order chi connectivity index (χ0) is 19.3. The zero-order valence-electron chi connectivity index (χ0n) is 15.5. The number of aryl methyl sites for hydroxylation is 2. The number of rotatable bonds is 3. The van der Waals surface area contributed by atoms with E-state index in [4.69, 9.17) is 4.42 Å². The van der Waals surface area contributed by atoms with Crippen molar-refractivity contribution in [2.75, 3.05) is 0 Å². The second kappa shape index (κ2) is 6.16. The van der Waals surface area contributed by atoms with Crippen molar-refractivity contribution in [2.45, 2.75) is 20.4 Å². The maximum Gasteiger partial charge on any atom is 0.345 e. The van der Waals surface area contributed by atoms with Crippen LogP contribution in [0.3, 0.4) is 0 Å². The highest BCUT2D eigenvalue weighted by Gasteiger charge is 2.13. The van der Waals surface area contributed by atoms with Gasteiger partial charge in [0.2, 0.25) is 0 Å². The SMILES string of the molecule is Cc1cn2cc(-c3cc4ccc(Cn5ccnc5)cc4oc3=O)nc2c(C)n1. The third kappa shape index (κ3) is 2.77. The van der Waals surface area contributed by atoms with Gasteiger partial charge >= 0.3 is 5.63 Å². The van der Waals surface area contributed by atoms with Crippen molar-refractivity contribution in [3.05, 3.63) is 82.8 Å². The molecule has 0 radical (unpaired) electrons. The van der Waals surface area contributed by atoms with Crippen LogP contribution in [-0.2, 0) is 6.54 Å². The van der Waals surface area contributed by atoms with Crippen LogP contribution in [0.5, 0.6) is 0 Å².